The van der Waals surface area contributed by atoms with Gasteiger partial charge in [0.05, 0.1) is 6.04 Å². The molecule has 1 fully saturated rings. The number of nitrogens with one attached hydrogen (secondary N) is 1. The van der Waals surface area contributed by atoms with E-state index in [0.717, 1.165) is 24.1 Å². The average Bonchev–Trinajstić information content (AvgIpc) is 2.75. The van der Waals surface area contributed by atoms with E-state index in [-0.39, 0.29) is 0 Å². The molecule has 1 heterocycles. The van der Waals surface area contributed by atoms with Gasteiger partial charge in [-0.2, -0.15) is 5.10 Å². The fourth-order valence-electron chi connectivity index (χ4n) is 3.29. The molecular weight excluding hydrogens is 236 g/mol. The third kappa shape index (κ3) is 3.35. The fourth-order valence-corrected chi connectivity index (χ4v) is 3.29. The second kappa shape index (κ2) is 6.51. The maximum Gasteiger partial charge on any atom is 0.147 e. The highest BCUT2D eigenvalue weighted by Gasteiger charge is 2.32. The van der Waals surface area contributed by atoms with Gasteiger partial charge in [0.15, 0.2) is 0 Å². The molecule has 0 saturated heterocycles. The molecule has 2 rings (SSSR count). The quantitative estimate of drug-likeness (QED) is 0.889. The topological polar surface area (TPSA) is 42.7 Å². The molecule has 0 amide bonds. The van der Waals surface area contributed by atoms with Gasteiger partial charge in [0, 0.05) is 6.04 Å². The van der Waals surface area contributed by atoms with Gasteiger partial charge in [-0.25, -0.2) is 9.67 Å². The molecule has 1 aliphatic rings. The number of nitrogens with zero attached hydrogens (tertiary/aromatic N) is 3. The Morgan fingerprint density at radius 2 is 2.05 bits per heavy atom. The summed E-state index contributed by atoms with van der Waals surface area (Å²) in [5.74, 6) is 2.79. The monoisotopic (exact) mass is 264 g/mol. The van der Waals surface area contributed by atoms with E-state index in [2.05, 4.69) is 40.9 Å². The van der Waals surface area contributed by atoms with E-state index in [0.29, 0.717) is 12.1 Å². The molecule has 4 nitrogen and oxygen atoms in total. The van der Waals surface area contributed by atoms with Crippen LogP contribution in [0.25, 0.3) is 0 Å². The van der Waals surface area contributed by atoms with Crippen molar-refractivity contribution in [1.29, 1.82) is 0 Å². The van der Waals surface area contributed by atoms with Gasteiger partial charge in [-0.3, -0.25) is 0 Å². The summed E-state index contributed by atoms with van der Waals surface area (Å²) < 4.78 is 2.17. The van der Waals surface area contributed by atoms with E-state index in [4.69, 9.17) is 0 Å². The molecule has 1 saturated carbocycles. The molecule has 0 aliphatic heterocycles. The normalized spacial score (nSPS) is 27.7. The molecule has 0 aromatic carbocycles. The zero-order valence-corrected chi connectivity index (χ0v) is 12.8. The van der Waals surface area contributed by atoms with Gasteiger partial charge in [-0.05, 0) is 52.0 Å². The lowest BCUT2D eigenvalue weighted by Gasteiger charge is -2.37. The van der Waals surface area contributed by atoms with Crippen molar-refractivity contribution in [3.8, 4) is 0 Å². The smallest absolute Gasteiger partial charge is 0.147 e. The number of hydrogen-bond donors (Lipinski definition) is 1. The van der Waals surface area contributed by atoms with Crippen molar-refractivity contribution < 1.29 is 0 Å². The van der Waals surface area contributed by atoms with Crippen molar-refractivity contribution in [2.24, 2.45) is 5.92 Å². The molecule has 3 unspecified atom stereocenters. The Labute approximate surface area is 117 Å². The Morgan fingerprint density at radius 3 is 2.63 bits per heavy atom. The minimum Gasteiger partial charge on any atom is -0.312 e. The predicted molar refractivity (Wildman–Crippen MR) is 78.2 cm³/mol. The third-order valence-corrected chi connectivity index (χ3v) is 4.38. The van der Waals surface area contributed by atoms with E-state index in [1.54, 1.807) is 0 Å². The maximum absolute atomic E-state index is 4.63. The lowest BCUT2D eigenvalue weighted by atomic mass is 9.81. The van der Waals surface area contributed by atoms with E-state index in [9.17, 15) is 0 Å². The van der Waals surface area contributed by atoms with Crippen LogP contribution in [0, 0.1) is 19.8 Å². The Kier molecular flexibility index (Phi) is 4.97. The molecule has 1 aromatic heterocycles. The second-order valence-electron chi connectivity index (χ2n) is 5.87. The molecule has 19 heavy (non-hydrogen) atoms. The first-order chi connectivity index (χ1) is 9.15. The third-order valence-electron chi connectivity index (χ3n) is 4.38. The van der Waals surface area contributed by atoms with Gasteiger partial charge in [0.2, 0.25) is 0 Å². The average molecular weight is 264 g/mol. The highest BCUT2D eigenvalue weighted by molar-refractivity contribution is 4.96. The zero-order chi connectivity index (χ0) is 13.8. The molecule has 1 aromatic rings. The molecule has 3 atom stereocenters. The molecule has 0 bridgehead atoms. The first-order valence-corrected chi connectivity index (χ1v) is 7.78. The van der Waals surface area contributed by atoms with E-state index in [1.165, 1.54) is 32.1 Å². The molecular formula is C15H28N4. The van der Waals surface area contributed by atoms with Gasteiger partial charge in [-0.1, -0.05) is 20.3 Å². The fraction of sp³-hybridized carbons (Fsp3) is 0.867. The van der Waals surface area contributed by atoms with E-state index < -0.39 is 0 Å². The van der Waals surface area contributed by atoms with Crippen LogP contribution in [-0.2, 0) is 0 Å². The van der Waals surface area contributed by atoms with Crippen molar-refractivity contribution in [1.82, 2.24) is 20.1 Å². The van der Waals surface area contributed by atoms with Crippen LogP contribution < -0.4 is 5.32 Å². The molecule has 1 N–H and O–H groups in total. The largest absolute Gasteiger partial charge is 0.312 e. The number of aromatic nitrogens is 3. The maximum atomic E-state index is 4.63. The van der Waals surface area contributed by atoms with Crippen LogP contribution in [0.5, 0.6) is 0 Å². The molecule has 4 heteroatoms. The summed E-state index contributed by atoms with van der Waals surface area (Å²) >= 11 is 0. The Bertz CT molecular complexity index is 399. The lowest BCUT2D eigenvalue weighted by Crippen LogP contribution is -2.42. The molecule has 0 radical (unpaired) electrons. The van der Waals surface area contributed by atoms with Gasteiger partial charge in [0.25, 0.3) is 0 Å². The Morgan fingerprint density at radius 1 is 1.26 bits per heavy atom. The summed E-state index contributed by atoms with van der Waals surface area (Å²) in [7, 11) is 0. The molecule has 1 aliphatic carbocycles. The van der Waals surface area contributed by atoms with Crippen LogP contribution in [0.3, 0.4) is 0 Å². The van der Waals surface area contributed by atoms with Gasteiger partial charge >= 0.3 is 0 Å². The minimum absolute atomic E-state index is 0.478. The van der Waals surface area contributed by atoms with Crippen molar-refractivity contribution >= 4 is 0 Å². The Balaban J connectivity index is 2.16. The highest BCUT2D eigenvalue weighted by Crippen LogP contribution is 2.34. The Hall–Kier alpha value is -0.900. The minimum atomic E-state index is 0.478. The number of hydrogen-bond acceptors (Lipinski definition) is 3. The number of aryl methyl sites for hydroxylation is 2. The van der Waals surface area contributed by atoms with Gasteiger partial charge < -0.3 is 5.32 Å². The molecule has 0 spiro atoms. The molecule has 108 valence electrons. The SMILES string of the molecule is CCCNC1CCC(CC)CC1n1nc(C)nc1C. The lowest BCUT2D eigenvalue weighted by molar-refractivity contribution is 0.188. The van der Waals surface area contributed by atoms with E-state index in [1.807, 2.05) is 6.92 Å². The summed E-state index contributed by atoms with van der Waals surface area (Å²) in [6, 6.07) is 1.04. The summed E-state index contributed by atoms with van der Waals surface area (Å²) in [5, 5.41) is 8.34. The highest BCUT2D eigenvalue weighted by atomic mass is 15.4. The van der Waals surface area contributed by atoms with Crippen LogP contribution in [0.4, 0.5) is 0 Å². The van der Waals surface area contributed by atoms with Crippen molar-refractivity contribution in [3.05, 3.63) is 11.6 Å². The van der Waals surface area contributed by atoms with Gasteiger partial charge in [0.1, 0.15) is 11.6 Å². The number of rotatable bonds is 5. The van der Waals surface area contributed by atoms with Crippen LogP contribution in [-0.4, -0.2) is 27.4 Å². The van der Waals surface area contributed by atoms with Crippen molar-refractivity contribution in [3.63, 3.8) is 0 Å². The predicted octanol–water partition coefficient (Wildman–Crippen LogP) is 3.01. The van der Waals surface area contributed by atoms with Crippen LogP contribution in [0.15, 0.2) is 0 Å². The summed E-state index contributed by atoms with van der Waals surface area (Å²) in [6.45, 7) is 9.70. The first-order valence-electron chi connectivity index (χ1n) is 7.78. The summed E-state index contributed by atoms with van der Waals surface area (Å²) in [4.78, 5) is 4.48. The standard InChI is InChI=1S/C15H28N4/c1-5-9-16-14-8-7-13(6-2)10-15(14)19-12(4)17-11(3)18-19/h13-16H,5-10H2,1-4H3. The van der Waals surface area contributed by atoms with Crippen molar-refractivity contribution in [2.75, 3.05) is 6.54 Å². The van der Waals surface area contributed by atoms with E-state index >= 15 is 0 Å². The van der Waals surface area contributed by atoms with Crippen LogP contribution >= 0.6 is 0 Å². The summed E-state index contributed by atoms with van der Waals surface area (Å²) in [6.07, 6.45) is 6.32. The first kappa shape index (κ1) is 14.5. The van der Waals surface area contributed by atoms with Gasteiger partial charge in [-0.15, -0.1) is 0 Å². The summed E-state index contributed by atoms with van der Waals surface area (Å²) in [5.41, 5.74) is 0. The zero-order valence-electron chi connectivity index (χ0n) is 12.8. The van der Waals surface area contributed by atoms with Crippen LogP contribution in [0.2, 0.25) is 0 Å². The van der Waals surface area contributed by atoms with Crippen LogP contribution in [0.1, 0.15) is 63.6 Å². The second-order valence-corrected chi connectivity index (χ2v) is 5.87. The van der Waals surface area contributed by atoms with Crippen molar-refractivity contribution in [2.45, 2.75) is 71.9 Å².